The quantitative estimate of drug-likeness (QED) is 0.730. The fourth-order valence-corrected chi connectivity index (χ4v) is 1.79. The van der Waals surface area contributed by atoms with Gasteiger partial charge in [-0.3, -0.25) is 0 Å². The van der Waals surface area contributed by atoms with Gasteiger partial charge in [0.25, 0.3) is 0 Å². The van der Waals surface area contributed by atoms with Crippen molar-refractivity contribution in [1.82, 2.24) is 4.98 Å². The normalized spacial score (nSPS) is 10.8. The van der Waals surface area contributed by atoms with Crippen molar-refractivity contribution in [3.05, 3.63) is 27.8 Å². The number of thiophene rings is 1. The molecule has 0 radical (unpaired) electrons. The molecular formula is C8H7NO3S. The van der Waals surface area contributed by atoms with Crippen LogP contribution in [0, 0.1) is 0 Å². The maximum Gasteiger partial charge on any atom is 0.347 e. The Hall–Kier alpha value is -1.20. The molecule has 0 saturated heterocycles. The van der Waals surface area contributed by atoms with Crippen LogP contribution in [-0.2, 0) is 11.3 Å². The number of nitrogens with zero attached hydrogens (tertiary/aromatic N) is 1. The standard InChI is InChI=1S/C8H7NO3S/c1-11-4-6-9-7-5(2-3-13-7)8(10)12-6/h2-3H,4H2,1H3. The summed E-state index contributed by atoms with van der Waals surface area (Å²) >= 11 is 1.41. The fourth-order valence-electron chi connectivity index (χ4n) is 1.03. The molecule has 0 fully saturated rings. The fraction of sp³-hybridized carbons (Fsp3) is 0.250. The monoisotopic (exact) mass is 197 g/mol. The van der Waals surface area contributed by atoms with Crippen LogP contribution in [0.5, 0.6) is 0 Å². The van der Waals surface area contributed by atoms with E-state index in [1.807, 2.05) is 5.38 Å². The summed E-state index contributed by atoms with van der Waals surface area (Å²) in [6, 6.07) is 1.70. The molecule has 2 aromatic heterocycles. The third kappa shape index (κ3) is 1.48. The molecule has 0 aliphatic rings. The largest absolute Gasteiger partial charge is 0.405 e. The second-order valence-corrected chi connectivity index (χ2v) is 3.36. The second-order valence-electron chi connectivity index (χ2n) is 2.47. The number of aromatic nitrogens is 1. The van der Waals surface area contributed by atoms with Crippen LogP contribution in [0.15, 0.2) is 20.7 Å². The van der Waals surface area contributed by atoms with Crippen LogP contribution >= 0.6 is 11.3 Å². The van der Waals surface area contributed by atoms with Crippen molar-refractivity contribution in [2.45, 2.75) is 6.61 Å². The van der Waals surface area contributed by atoms with Crippen molar-refractivity contribution in [1.29, 1.82) is 0 Å². The third-order valence-electron chi connectivity index (χ3n) is 1.57. The Balaban J connectivity index is 2.63. The Morgan fingerprint density at radius 3 is 3.31 bits per heavy atom. The Morgan fingerprint density at radius 1 is 1.69 bits per heavy atom. The molecule has 4 nitrogen and oxygen atoms in total. The summed E-state index contributed by atoms with van der Waals surface area (Å²) in [5, 5.41) is 2.34. The van der Waals surface area contributed by atoms with Gasteiger partial charge in [-0.25, -0.2) is 9.78 Å². The molecule has 0 N–H and O–H groups in total. The Bertz CT molecular complexity index is 473. The Morgan fingerprint density at radius 2 is 2.54 bits per heavy atom. The minimum absolute atomic E-state index is 0.225. The van der Waals surface area contributed by atoms with Gasteiger partial charge in [-0.15, -0.1) is 11.3 Å². The van der Waals surface area contributed by atoms with E-state index >= 15 is 0 Å². The van der Waals surface area contributed by atoms with Gasteiger partial charge in [0.05, 0.1) is 5.39 Å². The molecule has 0 atom stereocenters. The van der Waals surface area contributed by atoms with E-state index < -0.39 is 0 Å². The lowest BCUT2D eigenvalue weighted by Gasteiger charge is -1.95. The van der Waals surface area contributed by atoms with Gasteiger partial charge in [0, 0.05) is 7.11 Å². The van der Waals surface area contributed by atoms with E-state index in [4.69, 9.17) is 9.15 Å². The highest BCUT2D eigenvalue weighted by Gasteiger charge is 2.06. The summed E-state index contributed by atoms with van der Waals surface area (Å²) in [4.78, 5) is 16.1. The lowest BCUT2D eigenvalue weighted by molar-refractivity contribution is 0.155. The van der Waals surface area contributed by atoms with Gasteiger partial charge >= 0.3 is 5.63 Å². The Labute approximate surface area is 77.8 Å². The van der Waals surface area contributed by atoms with Gasteiger partial charge in [0.1, 0.15) is 11.4 Å². The van der Waals surface area contributed by atoms with Gasteiger partial charge in [-0.05, 0) is 11.4 Å². The highest BCUT2D eigenvalue weighted by Crippen LogP contribution is 2.14. The van der Waals surface area contributed by atoms with E-state index in [9.17, 15) is 4.79 Å². The zero-order chi connectivity index (χ0) is 9.26. The van der Waals surface area contributed by atoms with Crippen LogP contribution in [-0.4, -0.2) is 12.1 Å². The molecular weight excluding hydrogens is 190 g/mol. The van der Waals surface area contributed by atoms with Crippen LogP contribution < -0.4 is 5.63 Å². The number of ether oxygens (including phenoxy) is 1. The third-order valence-corrected chi connectivity index (χ3v) is 2.38. The number of methoxy groups -OCH3 is 1. The molecule has 13 heavy (non-hydrogen) atoms. The van der Waals surface area contributed by atoms with Gasteiger partial charge in [-0.1, -0.05) is 0 Å². The highest BCUT2D eigenvalue weighted by atomic mass is 32.1. The van der Waals surface area contributed by atoms with Gasteiger partial charge in [-0.2, -0.15) is 0 Å². The van der Waals surface area contributed by atoms with Crippen LogP contribution in [0.2, 0.25) is 0 Å². The van der Waals surface area contributed by atoms with E-state index in [0.29, 0.717) is 16.1 Å². The van der Waals surface area contributed by atoms with Crippen LogP contribution in [0.1, 0.15) is 5.89 Å². The molecule has 2 rings (SSSR count). The molecule has 68 valence electrons. The van der Waals surface area contributed by atoms with E-state index in [-0.39, 0.29) is 12.2 Å². The smallest absolute Gasteiger partial charge is 0.347 e. The molecule has 0 aliphatic heterocycles. The summed E-state index contributed by atoms with van der Waals surface area (Å²) in [5.41, 5.74) is -0.349. The maximum atomic E-state index is 11.3. The molecule has 0 spiro atoms. The predicted molar refractivity (Wildman–Crippen MR) is 48.9 cm³/mol. The zero-order valence-electron chi connectivity index (χ0n) is 6.94. The summed E-state index contributed by atoms with van der Waals surface area (Å²) in [6.07, 6.45) is 0. The van der Waals surface area contributed by atoms with Gasteiger partial charge in [0.15, 0.2) is 0 Å². The lowest BCUT2D eigenvalue weighted by atomic mass is 10.4. The van der Waals surface area contributed by atoms with Crippen molar-refractivity contribution >= 4 is 21.6 Å². The van der Waals surface area contributed by atoms with Crippen molar-refractivity contribution in [2.75, 3.05) is 7.11 Å². The molecule has 2 aromatic rings. The summed E-state index contributed by atoms with van der Waals surface area (Å²) < 4.78 is 9.72. The maximum absolute atomic E-state index is 11.3. The molecule has 0 aliphatic carbocycles. The molecule has 5 heteroatoms. The first kappa shape index (κ1) is 8.40. The van der Waals surface area contributed by atoms with E-state index in [0.717, 1.165) is 0 Å². The van der Waals surface area contributed by atoms with Crippen molar-refractivity contribution in [3.63, 3.8) is 0 Å². The predicted octanol–water partition coefficient (Wildman–Crippen LogP) is 1.40. The molecule has 0 bridgehead atoms. The summed E-state index contributed by atoms with van der Waals surface area (Å²) in [5.74, 6) is 0.322. The SMILES string of the molecule is COCc1nc2sccc2c(=O)o1. The minimum atomic E-state index is -0.349. The topological polar surface area (TPSA) is 52.3 Å². The first-order valence-electron chi connectivity index (χ1n) is 3.67. The number of hydrogen-bond acceptors (Lipinski definition) is 5. The highest BCUT2D eigenvalue weighted by molar-refractivity contribution is 7.16. The average molecular weight is 197 g/mol. The van der Waals surface area contributed by atoms with Crippen LogP contribution in [0.25, 0.3) is 10.2 Å². The Kier molecular flexibility index (Phi) is 2.12. The van der Waals surface area contributed by atoms with Gasteiger partial charge < -0.3 is 9.15 Å². The molecule has 0 saturated carbocycles. The first-order chi connectivity index (χ1) is 6.31. The van der Waals surface area contributed by atoms with Crippen molar-refractivity contribution in [3.8, 4) is 0 Å². The molecule has 2 heterocycles. The number of hydrogen-bond donors (Lipinski definition) is 0. The van der Waals surface area contributed by atoms with Crippen LogP contribution in [0.3, 0.4) is 0 Å². The zero-order valence-corrected chi connectivity index (χ0v) is 7.76. The molecule has 0 unspecified atom stereocenters. The number of rotatable bonds is 2. The number of fused-ring (bicyclic) bond motifs is 1. The lowest BCUT2D eigenvalue weighted by Crippen LogP contribution is -2.03. The van der Waals surface area contributed by atoms with Crippen molar-refractivity contribution in [2.24, 2.45) is 0 Å². The van der Waals surface area contributed by atoms with E-state index in [1.54, 1.807) is 6.07 Å². The molecule has 0 amide bonds. The van der Waals surface area contributed by atoms with E-state index in [1.165, 1.54) is 18.4 Å². The summed E-state index contributed by atoms with van der Waals surface area (Å²) in [7, 11) is 1.53. The van der Waals surface area contributed by atoms with Crippen LogP contribution in [0.4, 0.5) is 0 Å². The van der Waals surface area contributed by atoms with Gasteiger partial charge in [0.2, 0.25) is 5.89 Å². The minimum Gasteiger partial charge on any atom is -0.405 e. The summed E-state index contributed by atoms with van der Waals surface area (Å²) in [6.45, 7) is 0.225. The molecule has 0 aromatic carbocycles. The van der Waals surface area contributed by atoms with Crippen molar-refractivity contribution < 1.29 is 9.15 Å². The first-order valence-corrected chi connectivity index (χ1v) is 4.55. The van der Waals surface area contributed by atoms with E-state index in [2.05, 4.69) is 4.98 Å². The second kappa shape index (κ2) is 3.27. The average Bonchev–Trinajstić information content (AvgIpc) is 2.53.